The van der Waals surface area contributed by atoms with Crippen LogP contribution in [-0.4, -0.2) is 0 Å². The van der Waals surface area contributed by atoms with Gasteiger partial charge in [-0.05, 0) is 39.1 Å². The van der Waals surface area contributed by atoms with E-state index < -0.39 is 0 Å². The number of benzene rings is 2. The highest BCUT2D eigenvalue weighted by Gasteiger charge is 2.12. The quantitative estimate of drug-likeness (QED) is 0.416. The molecule has 0 saturated heterocycles. The van der Waals surface area contributed by atoms with Gasteiger partial charge in [0.2, 0.25) is 0 Å². The summed E-state index contributed by atoms with van der Waals surface area (Å²) in [5, 5.41) is 2.15. The Kier molecular flexibility index (Phi) is 1.63. The molecule has 0 aromatic heterocycles. The van der Waals surface area contributed by atoms with E-state index in [2.05, 4.69) is 0 Å². The molecule has 0 radical (unpaired) electrons. The molecule has 0 unspecified atom stereocenters. The monoisotopic (exact) mass is 259 g/mol. The van der Waals surface area contributed by atoms with E-state index in [1.165, 1.54) is 0 Å². The summed E-state index contributed by atoms with van der Waals surface area (Å²) in [6, 6.07) is 16.2. The van der Waals surface area contributed by atoms with E-state index in [9.17, 15) is 0 Å². The summed E-state index contributed by atoms with van der Waals surface area (Å²) >= 11 is 0. The van der Waals surface area contributed by atoms with Gasteiger partial charge in [-0.25, -0.2) is 0 Å². The summed E-state index contributed by atoms with van der Waals surface area (Å²) in [4.78, 5) is 0. The van der Waals surface area contributed by atoms with Crippen LogP contribution in [-0.2, 0) is 0 Å². The van der Waals surface area contributed by atoms with E-state index in [4.69, 9.17) is 6.85 Å². The van der Waals surface area contributed by atoms with Crippen molar-refractivity contribution >= 4 is 10.8 Å². The summed E-state index contributed by atoms with van der Waals surface area (Å²) in [7, 11) is 0. The molecule has 2 aromatic rings. The highest BCUT2D eigenvalue weighted by Crippen LogP contribution is 2.39. The molecule has 4 rings (SSSR count). The van der Waals surface area contributed by atoms with Crippen LogP contribution in [0.1, 0.15) is 6.85 Å². The molecule has 0 aliphatic heterocycles. The topological polar surface area (TPSA) is 0 Å². The second-order valence-electron chi connectivity index (χ2n) is 4.69. The Labute approximate surface area is 125 Å². The molecule has 0 spiro atoms. The molecule has 0 N–H and O–H groups in total. The first-order valence-corrected chi connectivity index (χ1v) is 6.48. The van der Waals surface area contributed by atoms with Crippen molar-refractivity contribution < 1.29 is 6.85 Å². The average molecular weight is 259 g/mol. The van der Waals surface area contributed by atoms with E-state index in [0.717, 1.165) is 21.9 Å². The maximum Gasteiger partial charge on any atom is 0.0629 e. The summed E-state index contributed by atoms with van der Waals surface area (Å²) in [6.45, 7) is 0. The lowest BCUT2D eigenvalue weighted by atomic mass is 10.00. The van der Waals surface area contributed by atoms with Crippen LogP contribution in [0.15, 0.2) is 84.8 Å². The lowest BCUT2D eigenvalue weighted by molar-refractivity contribution is 1.66. The molecular weight excluding hydrogens is 240 g/mol. The van der Waals surface area contributed by atoms with Gasteiger partial charge in [-0.15, -0.1) is 0 Å². The van der Waals surface area contributed by atoms with Crippen LogP contribution in [0.5, 0.6) is 0 Å². The largest absolute Gasteiger partial charge is 0.0629 e. The molecule has 0 bridgehead atoms. The van der Waals surface area contributed by atoms with Gasteiger partial charge in [0.05, 0.1) is 6.85 Å². The normalized spacial score (nSPS) is 14.5. The van der Waals surface area contributed by atoms with Gasteiger partial charge in [-0.3, -0.25) is 0 Å². The zero-order chi connectivity index (χ0) is 17.7. The zero-order valence-corrected chi connectivity index (χ0v) is 10.7. The van der Waals surface area contributed by atoms with Gasteiger partial charge in [-0.1, -0.05) is 78.7 Å². The van der Waals surface area contributed by atoms with Crippen molar-refractivity contribution in [3.05, 3.63) is 84.8 Å². The maximum atomic E-state index is 8.27. The molecule has 2 aromatic carbocycles. The van der Waals surface area contributed by atoms with Gasteiger partial charge >= 0.3 is 0 Å². The van der Waals surface area contributed by atoms with Crippen molar-refractivity contribution in [2.45, 2.75) is 0 Å². The molecule has 0 amide bonds. The predicted molar refractivity (Wildman–Crippen MR) is 86.0 cm³/mol. The van der Waals surface area contributed by atoms with Crippen LogP contribution in [0.3, 0.4) is 0 Å². The fourth-order valence-electron chi connectivity index (χ4n) is 2.64. The third kappa shape index (κ3) is 1.70. The Morgan fingerprint density at radius 1 is 0.650 bits per heavy atom. The number of hydrogen-bond donors (Lipinski definition) is 0. The molecule has 0 nitrogen and oxygen atoms in total. The Morgan fingerprint density at radius 2 is 1.35 bits per heavy atom. The highest BCUT2D eigenvalue weighted by atomic mass is 14.2. The lowest BCUT2D eigenvalue weighted by Crippen LogP contribution is -1.78. The van der Waals surface area contributed by atoms with Crippen LogP contribution in [0, 0.1) is 0 Å². The van der Waals surface area contributed by atoms with Crippen LogP contribution in [0.4, 0.5) is 0 Å². The minimum absolute atomic E-state index is 0.177. The summed E-state index contributed by atoms with van der Waals surface area (Å²) < 4.78 is 40.2. The van der Waals surface area contributed by atoms with Crippen molar-refractivity contribution in [2.75, 3.05) is 0 Å². The summed E-state index contributed by atoms with van der Waals surface area (Å²) in [5.41, 5.74) is 2.77. The van der Waals surface area contributed by atoms with E-state index in [0.29, 0.717) is 5.56 Å². The minimum Gasteiger partial charge on any atom is -0.0622 e. The first kappa shape index (κ1) is 7.25. The Morgan fingerprint density at radius 3 is 2.20 bits per heavy atom. The third-order valence-corrected chi connectivity index (χ3v) is 3.54. The fraction of sp³-hybridized carbons (Fsp3) is 0. The van der Waals surface area contributed by atoms with Gasteiger partial charge < -0.3 is 0 Å². The molecule has 0 saturated carbocycles. The zero-order valence-electron chi connectivity index (χ0n) is 15.7. The van der Waals surface area contributed by atoms with Crippen molar-refractivity contribution in [3.8, 4) is 22.3 Å². The van der Waals surface area contributed by atoms with E-state index in [1.54, 1.807) is 0 Å². The molecule has 0 atom stereocenters. The Hall–Kier alpha value is -2.60. The van der Waals surface area contributed by atoms with Gasteiger partial charge in [0.15, 0.2) is 0 Å². The van der Waals surface area contributed by atoms with Crippen molar-refractivity contribution in [1.29, 1.82) is 0 Å². The van der Waals surface area contributed by atoms with Crippen LogP contribution < -0.4 is 0 Å². The molecule has 2 aliphatic carbocycles. The second-order valence-corrected chi connectivity index (χ2v) is 4.69. The van der Waals surface area contributed by atoms with Crippen LogP contribution in [0.25, 0.3) is 33.0 Å². The molecule has 0 heteroatoms. The summed E-state index contributed by atoms with van der Waals surface area (Å²) in [5.74, 6) is 0. The minimum atomic E-state index is -0.372. The standard InChI is InChI=1S/C20H14/c1-2-8-15(9-3-1)17-11-6-7-13-19-18-12-5-4-10-16(18)14-20(17)19/h1-14H/i1D,2D,3D,8D,9D. The van der Waals surface area contributed by atoms with Gasteiger partial charge in [0, 0.05) is 0 Å². The molecule has 0 fully saturated rings. The van der Waals surface area contributed by atoms with Crippen molar-refractivity contribution in [1.82, 2.24) is 0 Å². The van der Waals surface area contributed by atoms with Crippen LogP contribution in [0.2, 0.25) is 0 Å². The van der Waals surface area contributed by atoms with E-state index in [-0.39, 0.29) is 35.8 Å². The number of hydrogen-bond acceptors (Lipinski definition) is 0. The first-order valence-electron chi connectivity index (χ1n) is 8.98. The van der Waals surface area contributed by atoms with Crippen molar-refractivity contribution in [3.63, 3.8) is 0 Å². The molecular formula is C20H14. The Balaban J connectivity index is 2.14. The lowest BCUT2D eigenvalue weighted by Gasteiger charge is -2.04. The number of fused-ring (bicyclic) bond motifs is 3. The second kappa shape index (κ2) is 4.50. The molecule has 2 aliphatic rings. The molecule has 20 heavy (non-hydrogen) atoms. The molecule has 0 heterocycles. The SMILES string of the molecule is [2H]c1c([2H])c([2H])c(-c2ccccc3c4ccccc4cc2-3)c([2H])c1[2H]. The first-order chi connectivity index (χ1) is 12.0. The number of rotatable bonds is 1. The fourth-order valence-corrected chi connectivity index (χ4v) is 2.64. The Bertz CT molecular complexity index is 1070. The van der Waals surface area contributed by atoms with Gasteiger partial charge in [0.25, 0.3) is 0 Å². The van der Waals surface area contributed by atoms with Crippen LogP contribution >= 0.6 is 0 Å². The highest BCUT2D eigenvalue weighted by molar-refractivity contribution is 6.06. The van der Waals surface area contributed by atoms with E-state index >= 15 is 0 Å². The van der Waals surface area contributed by atoms with E-state index in [1.807, 2.05) is 54.6 Å². The van der Waals surface area contributed by atoms with Gasteiger partial charge in [-0.2, -0.15) is 0 Å². The molecule has 94 valence electrons. The third-order valence-electron chi connectivity index (χ3n) is 3.54. The van der Waals surface area contributed by atoms with Crippen molar-refractivity contribution in [2.24, 2.45) is 0 Å². The predicted octanol–water partition coefficient (Wildman–Crippen LogP) is 5.61. The maximum absolute atomic E-state index is 8.27. The smallest absolute Gasteiger partial charge is 0.0622 e. The summed E-state index contributed by atoms with van der Waals surface area (Å²) in [6.07, 6.45) is 0. The van der Waals surface area contributed by atoms with Gasteiger partial charge in [0.1, 0.15) is 0 Å². The average Bonchev–Trinajstić information content (AvgIpc) is 2.86.